The van der Waals surface area contributed by atoms with E-state index >= 15 is 0 Å². The Bertz CT molecular complexity index is 365. The number of benzene rings is 1. The number of thiocarbonyl (C=S) groups is 1. The van der Waals surface area contributed by atoms with Crippen molar-refractivity contribution in [1.29, 1.82) is 0 Å². The van der Waals surface area contributed by atoms with E-state index in [1.165, 1.54) is 0 Å². The van der Waals surface area contributed by atoms with E-state index in [0.29, 0.717) is 24.5 Å². The molecule has 0 saturated carbocycles. The van der Waals surface area contributed by atoms with E-state index in [1.54, 1.807) is 11.8 Å². The number of nitrogens with zero attached hydrogens (tertiary/aromatic N) is 1. The highest BCUT2D eigenvalue weighted by Gasteiger charge is 2.09. The number of rotatable bonds is 5. The Balaban J connectivity index is 2.58. The average molecular weight is 236 g/mol. The summed E-state index contributed by atoms with van der Waals surface area (Å²) in [7, 11) is 0. The lowest BCUT2D eigenvalue weighted by atomic mass is 10.2. The van der Waals surface area contributed by atoms with Gasteiger partial charge in [0.05, 0.1) is 4.99 Å². The van der Waals surface area contributed by atoms with Crippen molar-refractivity contribution >= 4 is 23.1 Å². The summed E-state index contributed by atoms with van der Waals surface area (Å²) in [5.74, 6) is 0.0418. The molecule has 0 atom stereocenters. The molecule has 0 spiro atoms. The first-order chi connectivity index (χ1) is 7.59. The molecule has 0 aromatic heterocycles. The second kappa shape index (κ2) is 6.23. The van der Waals surface area contributed by atoms with Gasteiger partial charge in [-0.05, 0) is 5.56 Å². The molecule has 0 heterocycles. The molecule has 0 aliphatic heterocycles. The normalized spacial score (nSPS) is 9.81. The minimum absolute atomic E-state index is 0.0418. The predicted molar refractivity (Wildman–Crippen MR) is 68.9 cm³/mol. The molecular weight excluding hydrogens is 220 g/mol. The zero-order valence-corrected chi connectivity index (χ0v) is 10.2. The second-order valence-electron chi connectivity index (χ2n) is 3.64. The van der Waals surface area contributed by atoms with E-state index < -0.39 is 0 Å². The molecule has 1 aromatic rings. The number of hydrogen-bond donors (Lipinski definition) is 1. The minimum Gasteiger partial charge on any atom is -0.393 e. The van der Waals surface area contributed by atoms with Crippen molar-refractivity contribution in [3.05, 3.63) is 35.9 Å². The molecule has 0 aliphatic carbocycles. The van der Waals surface area contributed by atoms with Crippen LogP contribution in [0.25, 0.3) is 0 Å². The van der Waals surface area contributed by atoms with Crippen molar-refractivity contribution in [3.63, 3.8) is 0 Å². The van der Waals surface area contributed by atoms with Gasteiger partial charge in [0.15, 0.2) is 0 Å². The smallest absolute Gasteiger partial charge is 0.219 e. The van der Waals surface area contributed by atoms with Gasteiger partial charge in [-0.3, -0.25) is 4.79 Å². The zero-order chi connectivity index (χ0) is 12.0. The number of nitrogens with two attached hydrogens (primary N) is 1. The van der Waals surface area contributed by atoms with Gasteiger partial charge in [-0.15, -0.1) is 0 Å². The first kappa shape index (κ1) is 12.6. The van der Waals surface area contributed by atoms with E-state index in [4.69, 9.17) is 18.0 Å². The van der Waals surface area contributed by atoms with Crippen LogP contribution in [-0.2, 0) is 11.3 Å². The monoisotopic (exact) mass is 236 g/mol. The fourth-order valence-corrected chi connectivity index (χ4v) is 1.49. The van der Waals surface area contributed by atoms with Crippen molar-refractivity contribution in [2.75, 3.05) is 6.54 Å². The maximum Gasteiger partial charge on any atom is 0.219 e. The van der Waals surface area contributed by atoms with Crippen LogP contribution in [0, 0.1) is 0 Å². The van der Waals surface area contributed by atoms with E-state index in [1.807, 2.05) is 30.3 Å². The molecular formula is C12H16N2OS. The molecule has 0 radical (unpaired) electrons. The van der Waals surface area contributed by atoms with E-state index in [9.17, 15) is 4.79 Å². The van der Waals surface area contributed by atoms with Gasteiger partial charge in [-0.1, -0.05) is 42.5 Å². The number of carbonyl (C=O) groups is 1. The van der Waals surface area contributed by atoms with Crippen LogP contribution in [0.1, 0.15) is 18.9 Å². The van der Waals surface area contributed by atoms with Gasteiger partial charge in [0.1, 0.15) is 0 Å². The molecule has 16 heavy (non-hydrogen) atoms. The highest BCUT2D eigenvalue weighted by atomic mass is 32.1. The SMILES string of the molecule is CC(=O)N(CCC(N)=S)Cc1ccccc1. The predicted octanol–water partition coefficient (Wildman–Crippen LogP) is 1.71. The zero-order valence-electron chi connectivity index (χ0n) is 9.35. The molecule has 0 aliphatic rings. The van der Waals surface area contributed by atoms with E-state index in [2.05, 4.69) is 0 Å². The average Bonchev–Trinajstić information content (AvgIpc) is 2.25. The minimum atomic E-state index is 0.0418. The van der Waals surface area contributed by atoms with Gasteiger partial charge in [0.25, 0.3) is 0 Å². The van der Waals surface area contributed by atoms with Gasteiger partial charge in [0.2, 0.25) is 5.91 Å². The Hall–Kier alpha value is -1.42. The molecule has 3 nitrogen and oxygen atoms in total. The summed E-state index contributed by atoms with van der Waals surface area (Å²) in [5, 5.41) is 0. The number of carbonyl (C=O) groups excluding carboxylic acids is 1. The Morgan fingerprint density at radius 3 is 2.50 bits per heavy atom. The molecule has 0 bridgehead atoms. The van der Waals surface area contributed by atoms with Crippen molar-refractivity contribution in [3.8, 4) is 0 Å². The fourth-order valence-electron chi connectivity index (χ4n) is 1.40. The van der Waals surface area contributed by atoms with Crippen LogP contribution >= 0.6 is 12.2 Å². The van der Waals surface area contributed by atoms with Crippen LogP contribution < -0.4 is 5.73 Å². The third kappa shape index (κ3) is 4.40. The first-order valence-corrected chi connectivity index (χ1v) is 5.58. The Labute approximate surface area is 101 Å². The van der Waals surface area contributed by atoms with Crippen molar-refractivity contribution in [2.24, 2.45) is 5.73 Å². The standard InChI is InChI=1S/C12H16N2OS/c1-10(15)14(8-7-12(13)16)9-11-5-3-2-4-6-11/h2-6H,7-9H2,1H3,(H2,13,16). The summed E-state index contributed by atoms with van der Waals surface area (Å²) in [6.07, 6.45) is 0.571. The third-order valence-corrected chi connectivity index (χ3v) is 2.49. The molecule has 1 aromatic carbocycles. The summed E-state index contributed by atoms with van der Waals surface area (Å²) in [6.45, 7) is 2.75. The highest BCUT2D eigenvalue weighted by molar-refractivity contribution is 7.80. The van der Waals surface area contributed by atoms with E-state index in [0.717, 1.165) is 5.56 Å². The van der Waals surface area contributed by atoms with Crippen LogP contribution in [0.15, 0.2) is 30.3 Å². The van der Waals surface area contributed by atoms with Crippen LogP contribution in [0.3, 0.4) is 0 Å². The molecule has 2 N–H and O–H groups in total. The molecule has 86 valence electrons. The van der Waals surface area contributed by atoms with Crippen molar-refractivity contribution in [1.82, 2.24) is 4.90 Å². The van der Waals surface area contributed by atoms with Crippen molar-refractivity contribution in [2.45, 2.75) is 19.9 Å². The molecule has 1 rings (SSSR count). The summed E-state index contributed by atoms with van der Waals surface area (Å²) in [6, 6.07) is 9.87. The molecule has 1 amide bonds. The van der Waals surface area contributed by atoms with Crippen molar-refractivity contribution < 1.29 is 4.79 Å². The third-order valence-electron chi connectivity index (χ3n) is 2.29. The Kier molecular flexibility index (Phi) is 4.92. The largest absolute Gasteiger partial charge is 0.393 e. The number of amides is 1. The first-order valence-electron chi connectivity index (χ1n) is 5.17. The Morgan fingerprint density at radius 1 is 1.38 bits per heavy atom. The van der Waals surface area contributed by atoms with Crippen LogP contribution in [0.4, 0.5) is 0 Å². The van der Waals surface area contributed by atoms with Crippen LogP contribution in [0.2, 0.25) is 0 Å². The maximum atomic E-state index is 11.4. The molecule has 4 heteroatoms. The second-order valence-corrected chi connectivity index (χ2v) is 4.17. The van der Waals surface area contributed by atoms with Crippen LogP contribution in [0.5, 0.6) is 0 Å². The topological polar surface area (TPSA) is 46.3 Å². The lowest BCUT2D eigenvalue weighted by Gasteiger charge is -2.20. The molecule has 0 unspecified atom stereocenters. The van der Waals surface area contributed by atoms with E-state index in [-0.39, 0.29) is 5.91 Å². The molecule has 0 saturated heterocycles. The number of hydrogen-bond acceptors (Lipinski definition) is 2. The Morgan fingerprint density at radius 2 is 2.00 bits per heavy atom. The van der Waals surface area contributed by atoms with Gasteiger partial charge < -0.3 is 10.6 Å². The summed E-state index contributed by atoms with van der Waals surface area (Å²) >= 11 is 4.80. The maximum absolute atomic E-state index is 11.4. The summed E-state index contributed by atoms with van der Waals surface area (Å²) < 4.78 is 0. The lowest BCUT2D eigenvalue weighted by molar-refractivity contribution is -0.129. The fraction of sp³-hybridized carbons (Fsp3) is 0.333. The highest BCUT2D eigenvalue weighted by Crippen LogP contribution is 2.05. The summed E-state index contributed by atoms with van der Waals surface area (Å²) in [5.41, 5.74) is 6.54. The van der Waals surface area contributed by atoms with Gasteiger partial charge in [0, 0.05) is 26.4 Å². The van der Waals surface area contributed by atoms with Crippen LogP contribution in [-0.4, -0.2) is 22.3 Å². The summed E-state index contributed by atoms with van der Waals surface area (Å²) in [4.78, 5) is 13.6. The lowest BCUT2D eigenvalue weighted by Crippen LogP contribution is -2.31. The van der Waals surface area contributed by atoms with Gasteiger partial charge in [-0.25, -0.2) is 0 Å². The van der Waals surface area contributed by atoms with Gasteiger partial charge >= 0.3 is 0 Å². The molecule has 0 fully saturated rings. The van der Waals surface area contributed by atoms with Gasteiger partial charge in [-0.2, -0.15) is 0 Å². The quantitative estimate of drug-likeness (QED) is 0.792.